The minimum absolute atomic E-state index is 0.121. The Morgan fingerprint density at radius 2 is 1.22 bits per heavy atom. The highest BCUT2D eigenvalue weighted by Gasteiger charge is 2.56. The first-order valence-electron chi connectivity index (χ1n) is 32.7. The molecule has 0 aliphatic carbocycles. The molecule has 0 aromatic heterocycles. The van der Waals surface area contributed by atoms with Gasteiger partial charge in [-0.3, -0.25) is 14.5 Å². The molecule has 0 aromatic rings. The van der Waals surface area contributed by atoms with Gasteiger partial charge in [-0.25, -0.2) is 0 Å². The molecule has 0 radical (unpaired) electrons. The molecule has 5 saturated heterocycles. The monoisotopic (exact) mass is 1360 g/mol. The summed E-state index contributed by atoms with van der Waals surface area (Å²) in [6.07, 6.45) is -13.8. The Labute approximate surface area is 553 Å². The van der Waals surface area contributed by atoms with Gasteiger partial charge in [-0.2, -0.15) is 0 Å². The zero-order chi connectivity index (χ0) is 69.9. The Kier molecular flexibility index (Phi) is 32.1. The number of ether oxygens (including phenoxy) is 7. The third-order valence-electron chi connectivity index (χ3n) is 18.5. The van der Waals surface area contributed by atoms with Crippen molar-refractivity contribution in [1.29, 1.82) is 0 Å². The number of fused-ring (bicyclic) bond motifs is 2. The van der Waals surface area contributed by atoms with Crippen molar-refractivity contribution in [1.82, 2.24) is 15.1 Å². The maximum Gasteiger partial charge on any atom is 0.308 e. The zero-order valence-electron chi connectivity index (χ0n) is 54.2. The van der Waals surface area contributed by atoms with Gasteiger partial charge in [-0.15, -0.1) is 0 Å². The van der Waals surface area contributed by atoms with Crippen LogP contribution in [0, 0.1) is 17.8 Å². The standard InChI is InChI=1S/C65H105N3O27/c1-36-17-15-13-11-9-7-5-6-8-10-12-14-16-18-43(92-62-56(82)52(54(80)39(4)91-62)66-35-65(88)60(85)59(47(77)34-89-65)94-63-58(84)57(83)55(81)49(33-70)93-63)30-48-51(61(86)68-23-21-67(22-24-68)25-26-69)46(76)32-64(87,95-48)31-42(73)28-45(75)44(74)20-19-40(71)27-41(72)29-50(78)90-38(3)37(2)53(36)79/h5-18,36-49,51-60,62-63,66,69-77,79-85,87-88H,19-35H2,1-4H3/t36-,37?,38-,39+,40+,41+,42-,43-,44+,45+,46-,47+,48?,49+,51?,52-,53+,54+,55-,56-,57-,58+,59+,60-,62?,63?,64+,65+/m0/s1. The van der Waals surface area contributed by atoms with E-state index in [1.54, 1.807) is 92.8 Å². The summed E-state index contributed by atoms with van der Waals surface area (Å²) >= 11 is 0. The molecule has 0 aromatic carbocycles. The number of piperazine rings is 1. The van der Waals surface area contributed by atoms with E-state index in [1.807, 2.05) is 11.8 Å². The number of aliphatic hydroxyl groups is 18. The van der Waals surface area contributed by atoms with Crippen molar-refractivity contribution in [3.8, 4) is 0 Å². The van der Waals surface area contributed by atoms with Crippen LogP contribution in [0.4, 0.5) is 0 Å². The van der Waals surface area contributed by atoms with Gasteiger partial charge in [-0.1, -0.05) is 98.9 Å². The van der Waals surface area contributed by atoms with Crippen LogP contribution in [0.25, 0.3) is 0 Å². The molecule has 6 heterocycles. The molecular weight excluding hydrogens is 1250 g/mol. The first-order valence-corrected chi connectivity index (χ1v) is 32.7. The molecule has 95 heavy (non-hydrogen) atoms. The van der Waals surface area contributed by atoms with Crippen LogP contribution in [0.1, 0.15) is 79.1 Å². The summed E-state index contributed by atoms with van der Waals surface area (Å²) in [5, 5.41) is 201. The van der Waals surface area contributed by atoms with Crippen LogP contribution >= 0.6 is 0 Å². The highest BCUT2D eigenvalue weighted by atomic mass is 16.7. The predicted molar refractivity (Wildman–Crippen MR) is 335 cm³/mol. The van der Waals surface area contributed by atoms with Gasteiger partial charge in [0.05, 0.1) is 112 Å². The number of rotatable bonds is 11. The summed E-state index contributed by atoms with van der Waals surface area (Å²) in [7, 11) is 0. The molecule has 6 aliphatic rings. The van der Waals surface area contributed by atoms with Crippen molar-refractivity contribution in [3.63, 3.8) is 0 Å². The molecule has 5 fully saturated rings. The smallest absolute Gasteiger partial charge is 0.308 e. The van der Waals surface area contributed by atoms with Gasteiger partial charge in [0, 0.05) is 70.2 Å². The highest BCUT2D eigenvalue weighted by Crippen LogP contribution is 2.40. The van der Waals surface area contributed by atoms with Crippen LogP contribution in [-0.2, 0) is 42.7 Å². The van der Waals surface area contributed by atoms with Crippen LogP contribution in [0.15, 0.2) is 85.1 Å². The second-order valence-electron chi connectivity index (χ2n) is 25.9. The van der Waals surface area contributed by atoms with E-state index in [2.05, 4.69) is 5.32 Å². The quantitative estimate of drug-likeness (QED) is 0.0862. The summed E-state index contributed by atoms with van der Waals surface area (Å²) in [4.78, 5) is 31.0. The molecule has 30 heteroatoms. The van der Waals surface area contributed by atoms with Crippen molar-refractivity contribution in [2.45, 2.75) is 231 Å². The number of nitrogens with one attached hydrogen (secondary N) is 1. The van der Waals surface area contributed by atoms with Crippen molar-refractivity contribution >= 4 is 11.9 Å². The van der Waals surface area contributed by atoms with E-state index in [0.29, 0.717) is 19.6 Å². The minimum atomic E-state index is -2.68. The summed E-state index contributed by atoms with van der Waals surface area (Å²) in [5.41, 5.74) is 0. The normalized spacial score (nSPS) is 43.6. The highest BCUT2D eigenvalue weighted by molar-refractivity contribution is 5.80. The molecule has 30 nitrogen and oxygen atoms in total. The third-order valence-corrected chi connectivity index (χ3v) is 18.5. The second-order valence-corrected chi connectivity index (χ2v) is 25.9. The Hall–Kier alpha value is -3.92. The SMILES string of the molecule is CC1[C@H](C)OC(=O)C[C@H](O)C[C@H](O)CC[C@@H](O)[C@H](O)C[C@H](O)C[C@]2(O)C[C@H](O)C(C(=O)N3CCN(CCO)CC3)C(C[C@@H](OC3O[C@H](C)[C@@H](O)[C@H](NC[C@@]4(O)OC[C@@H](O)[C@@H](OC5O[C@H](CO)[C@H](O)[C@H](O)[C@H]5O)[C@@H]4O)[C@@H]3O)C=CC=CC=CC=CC=CC=CC=C[C@H](C)[C@H]1O)O2. The number of carbonyl (C=O) groups is 2. The average Bonchev–Trinajstić information content (AvgIpc) is 0.786. The number of amides is 1. The lowest BCUT2D eigenvalue weighted by atomic mass is 9.81. The van der Waals surface area contributed by atoms with E-state index in [4.69, 9.17) is 33.2 Å². The van der Waals surface area contributed by atoms with E-state index in [9.17, 15) is 102 Å². The lowest BCUT2D eigenvalue weighted by molar-refractivity contribution is -0.368. The molecule has 6 aliphatic heterocycles. The van der Waals surface area contributed by atoms with E-state index >= 15 is 0 Å². The molecule has 542 valence electrons. The van der Waals surface area contributed by atoms with Gasteiger partial charge in [0.25, 0.3) is 0 Å². The molecule has 5 unspecified atom stereocenters. The number of allylic oxidation sites excluding steroid dienone is 12. The molecule has 1 amide bonds. The van der Waals surface area contributed by atoms with Crippen LogP contribution in [0.5, 0.6) is 0 Å². The molecule has 0 spiro atoms. The maximum absolute atomic E-state index is 14.7. The number of hydrogen-bond acceptors (Lipinski definition) is 29. The predicted octanol–water partition coefficient (Wildman–Crippen LogP) is -4.98. The Morgan fingerprint density at radius 3 is 1.84 bits per heavy atom. The van der Waals surface area contributed by atoms with Crippen molar-refractivity contribution in [3.05, 3.63) is 85.1 Å². The molecule has 6 rings (SSSR count). The van der Waals surface area contributed by atoms with Gasteiger partial charge >= 0.3 is 5.97 Å². The van der Waals surface area contributed by atoms with Crippen molar-refractivity contribution in [2.75, 3.05) is 59.1 Å². The zero-order valence-corrected chi connectivity index (χ0v) is 54.2. The number of esters is 1. The van der Waals surface area contributed by atoms with Gasteiger partial charge in [0.1, 0.15) is 54.9 Å². The second kappa shape index (κ2) is 38.0. The molecule has 2 bridgehead atoms. The molecule has 28 atom stereocenters. The fourth-order valence-electron chi connectivity index (χ4n) is 12.5. The van der Waals surface area contributed by atoms with Gasteiger partial charge in [-0.05, 0) is 33.1 Å². The number of cyclic esters (lactones) is 1. The number of β-amino-alcohol motifs (C(OH)–C–C–N with tert-alkyl or cyclic N) is 1. The van der Waals surface area contributed by atoms with E-state index < -0.39 is 228 Å². The maximum atomic E-state index is 14.7. The van der Waals surface area contributed by atoms with Crippen molar-refractivity contribution < 1.29 is 135 Å². The molecule has 19 N–H and O–H groups in total. The number of nitrogens with zero attached hydrogens (tertiary/aromatic N) is 2. The molecular formula is C65H105N3O27. The van der Waals surface area contributed by atoms with Gasteiger partial charge < -0.3 is 135 Å². The third kappa shape index (κ3) is 23.1. The minimum Gasteiger partial charge on any atom is -0.462 e. The van der Waals surface area contributed by atoms with Gasteiger partial charge in [0.2, 0.25) is 11.7 Å². The van der Waals surface area contributed by atoms with Crippen LogP contribution in [0.3, 0.4) is 0 Å². The Balaban J connectivity index is 1.27. The van der Waals surface area contributed by atoms with Gasteiger partial charge in [0.15, 0.2) is 18.4 Å². The van der Waals surface area contributed by atoms with Crippen LogP contribution in [0.2, 0.25) is 0 Å². The Morgan fingerprint density at radius 1 is 0.611 bits per heavy atom. The average molecular weight is 1360 g/mol. The first-order chi connectivity index (χ1) is 45.0. The van der Waals surface area contributed by atoms with Crippen molar-refractivity contribution in [2.24, 2.45) is 17.8 Å². The lowest BCUT2D eigenvalue weighted by Gasteiger charge is -2.48. The number of hydrogen-bond donors (Lipinski definition) is 19. The van der Waals surface area contributed by atoms with E-state index in [1.165, 1.54) is 17.9 Å². The largest absolute Gasteiger partial charge is 0.462 e. The fraction of sp³-hybridized carbons (Fsp3) is 0.754. The lowest BCUT2D eigenvalue weighted by Crippen LogP contribution is -2.70. The topological polar surface area (TPSA) is 481 Å². The first kappa shape index (κ1) is 80.1. The molecule has 0 saturated carbocycles. The number of aliphatic hydroxyl groups excluding tert-OH is 16. The Bertz CT molecular complexity index is 2540. The fourth-order valence-corrected chi connectivity index (χ4v) is 12.5. The van der Waals surface area contributed by atoms with Crippen LogP contribution in [-0.4, -0.2) is 325 Å². The summed E-state index contributed by atoms with van der Waals surface area (Å²) in [6.45, 7) is 5.64. The number of carbonyl (C=O) groups excluding carboxylic acids is 2. The van der Waals surface area contributed by atoms with E-state index in [0.717, 1.165) is 0 Å². The summed E-state index contributed by atoms with van der Waals surface area (Å²) < 4.78 is 41.0. The van der Waals surface area contributed by atoms with E-state index in [-0.39, 0.29) is 44.9 Å². The van der Waals surface area contributed by atoms with Crippen LogP contribution < -0.4 is 5.32 Å². The summed E-state index contributed by atoms with van der Waals surface area (Å²) in [6, 6.07) is -1.48. The summed E-state index contributed by atoms with van der Waals surface area (Å²) in [5.74, 6) is -8.68.